The molecule has 18 heavy (non-hydrogen) atoms. The van der Waals surface area contributed by atoms with Crippen LogP contribution in [0.15, 0.2) is 29.2 Å². The van der Waals surface area contributed by atoms with Gasteiger partial charge in [-0.15, -0.1) is 0 Å². The minimum absolute atomic E-state index is 0.0135. The van der Waals surface area contributed by atoms with E-state index in [4.69, 9.17) is 5.84 Å². The molecule has 7 heteroatoms. The Labute approximate surface area is 112 Å². The topological polar surface area (TPSA) is 75.4 Å². The third-order valence-corrected chi connectivity index (χ3v) is 6.20. The van der Waals surface area contributed by atoms with Gasteiger partial charge in [0.05, 0.1) is 5.69 Å². The lowest BCUT2D eigenvalue weighted by Crippen LogP contribution is -2.44. The van der Waals surface area contributed by atoms with Crippen molar-refractivity contribution in [2.45, 2.75) is 17.9 Å². The van der Waals surface area contributed by atoms with Crippen molar-refractivity contribution in [3.8, 4) is 0 Å². The minimum Gasteiger partial charge on any atom is -0.323 e. The highest BCUT2D eigenvalue weighted by atomic mass is 32.2. The van der Waals surface area contributed by atoms with Crippen LogP contribution >= 0.6 is 11.8 Å². The van der Waals surface area contributed by atoms with E-state index in [1.165, 1.54) is 0 Å². The fourth-order valence-electron chi connectivity index (χ4n) is 2.01. The molecule has 1 heterocycles. The van der Waals surface area contributed by atoms with E-state index in [0.29, 0.717) is 12.2 Å². The molecule has 0 aliphatic carbocycles. The van der Waals surface area contributed by atoms with Gasteiger partial charge in [0.2, 0.25) is 10.0 Å². The fraction of sp³-hybridized carbons (Fsp3) is 0.455. The summed E-state index contributed by atoms with van der Waals surface area (Å²) in [7, 11) is -3.48. The molecule has 1 aliphatic rings. The lowest BCUT2D eigenvalue weighted by Gasteiger charge is -2.32. The van der Waals surface area contributed by atoms with Crippen molar-refractivity contribution >= 4 is 27.5 Å². The van der Waals surface area contributed by atoms with Crippen molar-refractivity contribution in [3.05, 3.63) is 24.3 Å². The van der Waals surface area contributed by atoms with E-state index in [1.807, 2.05) is 6.92 Å². The van der Waals surface area contributed by atoms with Crippen LogP contribution in [0, 0.1) is 0 Å². The second-order valence-electron chi connectivity index (χ2n) is 4.18. The molecular formula is C11H17N3O2S2. The zero-order chi connectivity index (χ0) is 13.2. The van der Waals surface area contributed by atoms with Gasteiger partial charge in [0.1, 0.15) is 4.90 Å². The van der Waals surface area contributed by atoms with Crippen LogP contribution in [0.2, 0.25) is 0 Å². The summed E-state index contributed by atoms with van der Waals surface area (Å²) in [4.78, 5) is 0.242. The Hall–Kier alpha value is -0.760. The molecule has 2 rings (SSSR count). The van der Waals surface area contributed by atoms with Gasteiger partial charge < -0.3 is 5.43 Å². The Morgan fingerprint density at radius 2 is 2.17 bits per heavy atom. The summed E-state index contributed by atoms with van der Waals surface area (Å²) in [5.74, 6) is 7.04. The van der Waals surface area contributed by atoms with Gasteiger partial charge in [0.15, 0.2) is 0 Å². The molecule has 1 aromatic rings. The maximum Gasteiger partial charge on any atom is 0.245 e. The van der Waals surface area contributed by atoms with E-state index in [9.17, 15) is 8.42 Å². The van der Waals surface area contributed by atoms with Gasteiger partial charge in [0.25, 0.3) is 0 Å². The summed E-state index contributed by atoms with van der Waals surface area (Å²) in [5, 5.41) is 0. The monoisotopic (exact) mass is 287 g/mol. The Morgan fingerprint density at radius 1 is 1.44 bits per heavy atom. The van der Waals surface area contributed by atoms with E-state index < -0.39 is 10.0 Å². The number of benzene rings is 1. The average molecular weight is 287 g/mol. The number of hydrogen-bond acceptors (Lipinski definition) is 5. The number of anilines is 1. The van der Waals surface area contributed by atoms with E-state index >= 15 is 0 Å². The number of nitrogens with one attached hydrogen (secondary N) is 1. The molecule has 1 fully saturated rings. The third kappa shape index (κ3) is 2.49. The molecule has 0 amide bonds. The number of sulfonamides is 1. The van der Waals surface area contributed by atoms with Crippen molar-refractivity contribution in [2.24, 2.45) is 5.84 Å². The van der Waals surface area contributed by atoms with Gasteiger partial charge in [-0.2, -0.15) is 16.1 Å². The number of para-hydroxylation sites is 1. The van der Waals surface area contributed by atoms with Crippen molar-refractivity contribution in [2.75, 3.05) is 23.5 Å². The normalized spacial score (nSPS) is 21.8. The van der Waals surface area contributed by atoms with Gasteiger partial charge in [-0.05, 0) is 19.1 Å². The standard InChI is InChI=1S/C11H17N3O2S2/c1-9-8-17-7-6-14(9)18(15,16)11-5-3-2-4-10(11)13-12/h2-5,9,13H,6-8,12H2,1H3. The highest BCUT2D eigenvalue weighted by Crippen LogP contribution is 2.28. The van der Waals surface area contributed by atoms with Gasteiger partial charge in [0, 0.05) is 24.1 Å². The highest BCUT2D eigenvalue weighted by molar-refractivity contribution is 7.99. The first-order chi connectivity index (χ1) is 8.57. The van der Waals surface area contributed by atoms with Gasteiger partial charge in [-0.25, -0.2) is 8.42 Å². The van der Waals surface area contributed by atoms with Crippen LogP contribution in [-0.2, 0) is 10.0 Å². The Morgan fingerprint density at radius 3 is 2.83 bits per heavy atom. The molecule has 1 aromatic carbocycles. The first-order valence-corrected chi connectivity index (χ1v) is 8.32. The van der Waals surface area contributed by atoms with Crippen molar-refractivity contribution in [1.29, 1.82) is 0 Å². The number of thioether (sulfide) groups is 1. The summed E-state index contributed by atoms with van der Waals surface area (Å²) in [6.45, 7) is 2.48. The van der Waals surface area contributed by atoms with Crippen LogP contribution < -0.4 is 11.3 Å². The first-order valence-electron chi connectivity index (χ1n) is 5.72. The lowest BCUT2D eigenvalue weighted by molar-refractivity contribution is 0.368. The maximum absolute atomic E-state index is 12.6. The van der Waals surface area contributed by atoms with Crippen LogP contribution in [0.25, 0.3) is 0 Å². The fourth-order valence-corrected chi connectivity index (χ4v) is 5.02. The number of hydrazine groups is 1. The van der Waals surface area contributed by atoms with Crippen LogP contribution in [-0.4, -0.2) is 36.8 Å². The molecule has 0 bridgehead atoms. The lowest BCUT2D eigenvalue weighted by atomic mass is 10.3. The molecule has 3 N–H and O–H groups in total. The van der Waals surface area contributed by atoms with Gasteiger partial charge >= 0.3 is 0 Å². The predicted octanol–water partition coefficient (Wildman–Crippen LogP) is 1.10. The van der Waals surface area contributed by atoms with E-state index in [-0.39, 0.29) is 10.9 Å². The van der Waals surface area contributed by atoms with Crippen LogP contribution in [0.3, 0.4) is 0 Å². The third-order valence-electron chi connectivity index (χ3n) is 2.94. The Balaban J connectivity index is 2.41. The summed E-state index contributed by atoms with van der Waals surface area (Å²) in [5.41, 5.74) is 2.88. The molecular weight excluding hydrogens is 270 g/mol. The van der Waals surface area contributed by atoms with Gasteiger partial charge in [-0.3, -0.25) is 5.84 Å². The van der Waals surface area contributed by atoms with Crippen molar-refractivity contribution < 1.29 is 8.42 Å². The molecule has 100 valence electrons. The number of hydrogen-bond donors (Lipinski definition) is 2. The predicted molar refractivity (Wildman–Crippen MR) is 74.9 cm³/mol. The van der Waals surface area contributed by atoms with E-state index in [0.717, 1.165) is 11.5 Å². The zero-order valence-electron chi connectivity index (χ0n) is 10.2. The molecule has 1 unspecified atom stereocenters. The maximum atomic E-state index is 12.6. The summed E-state index contributed by atoms with van der Waals surface area (Å²) < 4.78 is 26.8. The van der Waals surface area contributed by atoms with Crippen LogP contribution in [0.5, 0.6) is 0 Å². The number of rotatable bonds is 3. The molecule has 1 saturated heterocycles. The quantitative estimate of drug-likeness (QED) is 0.643. The number of nitrogens with zero attached hydrogens (tertiary/aromatic N) is 1. The first kappa shape index (κ1) is 13.7. The molecule has 0 saturated carbocycles. The van der Waals surface area contributed by atoms with Gasteiger partial charge in [-0.1, -0.05) is 12.1 Å². The summed E-state index contributed by atoms with van der Waals surface area (Å²) in [6, 6.07) is 6.72. The number of nitrogens with two attached hydrogens (primary N) is 1. The average Bonchev–Trinajstić information content (AvgIpc) is 2.39. The smallest absolute Gasteiger partial charge is 0.245 e. The molecule has 0 spiro atoms. The highest BCUT2D eigenvalue weighted by Gasteiger charge is 2.32. The SMILES string of the molecule is CC1CSCCN1S(=O)(=O)c1ccccc1NN. The summed E-state index contributed by atoms with van der Waals surface area (Å²) in [6.07, 6.45) is 0. The zero-order valence-corrected chi connectivity index (χ0v) is 11.8. The largest absolute Gasteiger partial charge is 0.323 e. The second-order valence-corrected chi connectivity index (χ2v) is 7.19. The Bertz CT molecular complexity index is 519. The molecule has 1 aliphatic heterocycles. The van der Waals surface area contributed by atoms with Crippen LogP contribution in [0.4, 0.5) is 5.69 Å². The van der Waals surface area contributed by atoms with E-state index in [1.54, 1.807) is 40.3 Å². The minimum atomic E-state index is -3.48. The van der Waals surface area contributed by atoms with Crippen molar-refractivity contribution in [1.82, 2.24) is 4.31 Å². The molecule has 1 atom stereocenters. The molecule has 5 nitrogen and oxygen atoms in total. The molecule has 0 aromatic heterocycles. The Kier molecular flexibility index (Phi) is 4.16. The second kappa shape index (κ2) is 5.48. The number of nitrogen functional groups attached to an aromatic ring is 1. The summed E-state index contributed by atoms with van der Waals surface area (Å²) >= 11 is 1.78. The molecule has 0 radical (unpaired) electrons. The van der Waals surface area contributed by atoms with E-state index in [2.05, 4.69) is 5.43 Å². The van der Waals surface area contributed by atoms with Crippen LogP contribution in [0.1, 0.15) is 6.92 Å². The van der Waals surface area contributed by atoms with Crippen molar-refractivity contribution in [3.63, 3.8) is 0 Å².